The van der Waals surface area contributed by atoms with Crippen LogP contribution in [0.25, 0.3) is 11.2 Å². The summed E-state index contributed by atoms with van der Waals surface area (Å²) in [7, 11) is 1.62. The Morgan fingerprint density at radius 1 is 1.47 bits per heavy atom. The second-order valence-corrected chi connectivity index (χ2v) is 4.47. The van der Waals surface area contributed by atoms with Gasteiger partial charge in [0, 0.05) is 16.7 Å². The summed E-state index contributed by atoms with van der Waals surface area (Å²) in [5.41, 5.74) is 1.69. The van der Waals surface area contributed by atoms with E-state index < -0.39 is 0 Å². The Morgan fingerprint density at radius 2 is 2.20 bits per heavy atom. The van der Waals surface area contributed by atoms with Crippen molar-refractivity contribution in [1.29, 1.82) is 0 Å². The molecule has 0 aliphatic heterocycles. The molecule has 2 rings (SSSR count). The summed E-state index contributed by atoms with van der Waals surface area (Å²) in [6.07, 6.45) is 1.74. The average molecular weight is 270 g/mol. The van der Waals surface area contributed by atoms with Crippen molar-refractivity contribution >= 4 is 27.1 Å². The summed E-state index contributed by atoms with van der Waals surface area (Å²) in [5, 5.41) is 0. The van der Waals surface area contributed by atoms with Crippen LogP contribution in [-0.2, 0) is 0 Å². The standard InChI is InChI=1S/C10H12BrN3O/c1-6(2)14-8-4-7(11)5-12-9(8)13-10(14)15-3/h4-6H,1-3H3. The molecule has 2 aromatic rings. The van der Waals surface area contributed by atoms with Crippen molar-refractivity contribution in [2.45, 2.75) is 19.9 Å². The van der Waals surface area contributed by atoms with Gasteiger partial charge in [-0.3, -0.25) is 4.57 Å². The molecule has 0 radical (unpaired) electrons. The first-order valence-corrected chi connectivity index (χ1v) is 5.50. The Balaban J connectivity index is 2.76. The van der Waals surface area contributed by atoms with E-state index in [4.69, 9.17) is 4.74 Å². The minimum atomic E-state index is 0.293. The molecule has 0 fully saturated rings. The van der Waals surface area contributed by atoms with Crippen LogP contribution in [0.4, 0.5) is 0 Å². The van der Waals surface area contributed by atoms with Crippen molar-refractivity contribution in [3.8, 4) is 6.01 Å². The topological polar surface area (TPSA) is 39.9 Å². The van der Waals surface area contributed by atoms with Crippen molar-refractivity contribution in [2.75, 3.05) is 7.11 Å². The molecule has 2 aromatic heterocycles. The molecule has 0 N–H and O–H groups in total. The van der Waals surface area contributed by atoms with Crippen LogP contribution in [0.3, 0.4) is 0 Å². The van der Waals surface area contributed by atoms with E-state index >= 15 is 0 Å². The first-order chi connectivity index (χ1) is 7.13. The molecule has 0 bridgehead atoms. The predicted molar refractivity (Wildman–Crippen MR) is 62.2 cm³/mol. The van der Waals surface area contributed by atoms with Crippen LogP contribution in [0.15, 0.2) is 16.7 Å². The Morgan fingerprint density at radius 3 is 2.80 bits per heavy atom. The highest BCUT2D eigenvalue weighted by Crippen LogP contribution is 2.26. The van der Waals surface area contributed by atoms with Crippen molar-refractivity contribution < 1.29 is 4.74 Å². The molecular weight excluding hydrogens is 258 g/mol. The van der Waals surface area contributed by atoms with Crippen LogP contribution in [-0.4, -0.2) is 21.6 Å². The second kappa shape index (κ2) is 3.81. The number of hydrogen-bond donors (Lipinski definition) is 0. The van der Waals surface area contributed by atoms with E-state index in [9.17, 15) is 0 Å². The fourth-order valence-corrected chi connectivity index (χ4v) is 1.89. The normalized spacial score (nSPS) is 11.3. The first kappa shape index (κ1) is 10.4. The molecule has 0 aliphatic rings. The summed E-state index contributed by atoms with van der Waals surface area (Å²) in [4.78, 5) is 8.54. The third kappa shape index (κ3) is 1.71. The van der Waals surface area contributed by atoms with Gasteiger partial charge in [-0.05, 0) is 35.8 Å². The number of methoxy groups -OCH3 is 1. The number of rotatable bonds is 2. The molecule has 0 unspecified atom stereocenters. The van der Waals surface area contributed by atoms with Gasteiger partial charge in [0.05, 0.1) is 12.6 Å². The minimum Gasteiger partial charge on any atom is -0.468 e. The number of ether oxygens (including phenoxy) is 1. The maximum Gasteiger partial charge on any atom is 0.298 e. The maximum absolute atomic E-state index is 5.23. The molecule has 0 saturated carbocycles. The maximum atomic E-state index is 5.23. The molecule has 0 aliphatic carbocycles. The fraction of sp³-hybridized carbons (Fsp3) is 0.400. The first-order valence-electron chi connectivity index (χ1n) is 4.71. The number of fused-ring (bicyclic) bond motifs is 1. The van der Waals surface area contributed by atoms with Gasteiger partial charge in [0.25, 0.3) is 6.01 Å². The highest BCUT2D eigenvalue weighted by molar-refractivity contribution is 9.10. The molecule has 4 nitrogen and oxygen atoms in total. The third-order valence-electron chi connectivity index (χ3n) is 2.18. The van der Waals surface area contributed by atoms with Crippen LogP contribution < -0.4 is 4.74 Å². The lowest BCUT2D eigenvalue weighted by molar-refractivity contribution is 0.350. The quantitative estimate of drug-likeness (QED) is 0.842. The van der Waals surface area contributed by atoms with Gasteiger partial charge < -0.3 is 4.74 Å². The van der Waals surface area contributed by atoms with Crippen LogP contribution in [0.2, 0.25) is 0 Å². The molecule has 0 spiro atoms. The lowest BCUT2D eigenvalue weighted by atomic mass is 10.3. The van der Waals surface area contributed by atoms with Crippen LogP contribution in [0.1, 0.15) is 19.9 Å². The highest BCUT2D eigenvalue weighted by Gasteiger charge is 2.14. The van der Waals surface area contributed by atoms with Gasteiger partial charge >= 0.3 is 0 Å². The van der Waals surface area contributed by atoms with Gasteiger partial charge in [-0.15, -0.1) is 0 Å². The van der Waals surface area contributed by atoms with E-state index in [-0.39, 0.29) is 0 Å². The third-order valence-corrected chi connectivity index (χ3v) is 2.61. The Kier molecular flexibility index (Phi) is 2.65. The Labute approximate surface area is 96.4 Å². The number of aromatic nitrogens is 3. The largest absolute Gasteiger partial charge is 0.468 e. The van der Waals surface area contributed by atoms with Crippen LogP contribution >= 0.6 is 15.9 Å². The Bertz CT molecular complexity index is 493. The number of halogens is 1. The van der Waals surface area contributed by atoms with E-state index in [0.29, 0.717) is 17.7 Å². The van der Waals surface area contributed by atoms with Crippen molar-refractivity contribution in [1.82, 2.24) is 14.5 Å². The van der Waals surface area contributed by atoms with Crippen LogP contribution in [0, 0.1) is 0 Å². The van der Waals surface area contributed by atoms with Gasteiger partial charge in [-0.25, -0.2) is 4.98 Å². The van der Waals surface area contributed by atoms with Gasteiger partial charge in [0.15, 0.2) is 5.65 Å². The summed E-state index contributed by atoms with van der Waals surface area (Å²) in [6.45, 7) is 4.18. The van der Waals surface area contributed by atoms with Gasteiger partial charge in [-0.1, -0.05) is 0 Å². The molecule has 15 heavy (non-hydrogen) atoms. The van der Waals surface area contributed by atoms with E-state index in [1.807, 2.05) is 10.6 Å². The smallest absolute Gasteiger partial charge is 0.298 e. The number of nitrogens with zero attached hydrogens (tertiary/aromatic N) is 3. The molecule has 0 amide bonds. The second-order valence-electron chi connectivity index (χ2n) is 3.56. The number of pyridine rings is 1. The summed E-state index contributed by atoms with van der Waals surface area (Å²) in [5.74, 6) is 0. The minimum absolute atomic E-state index is 0.293. The zero-order valence-electron chi connectivity index (χ0n) is 8.86. The zero-order chi connectivity index (χ0) is 11.0. The van der Waals surface area contributed by atoms with Crippen molar-refractivity contribution in [3.63, 3.8) is 0 Å². The molecule has 0 saturated heterocycles. The van der Waals surface area contributed by atoms with E-state index in [2.05, 4.69) is 39.7 Å². The van der Waals surface area contributed by atoms with Crippen molar-refractivity contribution in [3.05, 3.63) is 16.7 Å². The summed E-state index contributed by atoms with van der Waals surface area (Å²) < 4.78 is 8.19. The number of imidazole rings is 1. The van der Waals surface area contributed by atoms with Crippen LogP contribution in [0.5, 0.6) is 6.01 Å². The monoisotopic (exact) mass is 269 g/mol. The van der Waals surface area contributed by atoms with E-state index in [1.165, 1.54) is 0 Å². The average Bonchev–Trinajstić information content (AvgIpc) is 2.55. The van der Waals surface area contributed by atoms with Crippen molar-refractivity contribution in [2.24, 2.45) is 0 Å². The van der Waals surface area contributed by atoms with Gasteiger partial charge in [0.1, 0.15) is 0 Å². The van der Waals surface area contributed by atoms with Gasteiger partial charge in [-0.2, -0.15) is 4.98 Å². The van der Waals surface area contributed by atoms with E-state index in [1.54, 1.807) is 13.3 Å². The SMILES string of the molecule is COc1nc2ncc(Br)cc2n1C(C)C. The zero-order valence-corrected chi connectivity index (χ0v) is 10.4. The molecule has 80 valence electrons. The summed E-state index contributed by atoms with van der Waals surface area (Å²) >= 11 is 3.40. The number of hydrogen-bond acceptors (Lipinski definition) is 3. The molecule has 2 heterocycles. The fourth-order valence-electron chi connectivity index (χ4n) is 1.58. The van der Waals surface area contributed by atoms with Gasteiger partial charge in [0.2, 0.25) is 0 Å². The Hall–Kier alpha value is -1.10. The highest BCUT2D eigenvalue weighted by atomic mass is 79.9. The molecule has 0 atom stereocenters. The molecule has 0 aromatic carbocycles. The molecule has 5 heteroatoms. The lowest BCUT2D eigenvalue weighted by Crippen LogP contribution is -2.03. The molecular formula is C10H12BrN3O. The summed E-state index contributed by atoms with van der Waals surface area (Å²) in [6, 6.07) is 2.89. The lowest BCUT2D eigenvalue weighted by Gasteiger charge is -2.10. The predicted octanol–water partition coefficient (Wildman–Crippen LogP) is 2.78. The van der Waals surface area contributed by atoms with E-state index in [0.717, 1.165) is 9.99 Å².